The summed E-state index contributed by atoms with van der Waals surface area (Å²) in [6.07, 6.45) is 0. The van der Waals surface area contributed by atoms with E-state index in [1.54, 1.807) is 31.2 Å². The summed E-state index contributed by atoms with van der Waals surface area (Å²) in [5.74, 6) is 0.180. The summed E-state index contributed by atoms with van der Waals surface area (Å²) in [5.41, 5.74) is 3.27. The predicted octanol–water partition coefficient (Wildman–Crippen LogP) is 3.48. The third-order valence-electron chi connectivity index (χ3n) is 3.98. The number of benzene rings is 2. The number of hydrogen-bond donors (Lipinski definition) is 1. The molecule has 0 bridgehead atoms. The lowest BCUT2D eigenvalue weighted by Gasteiger charge is -2.15. The first-order chi connectivity index (χ1) is 10.3. The number of sulfonamides is 1. The summed E-state index contributed by atoms with van der Waals surface area (Å²) in [5, 5.41) is 10.2. The van der Waals surface area contributed by atoms with Crippen molar-refractivity contribution in [1.82, 2.24) is 4.31 Å². The van der Waals surface area contributed by atoms with E-state index >= 15 is 0 Å². The zero-order valence-corrected chi connectivity index (χ0v) is 14.7. The number of nitrogens with zero attached hydrogens (tertiary/aromatic N) is 1. The fourth-order valence-corrected chi connectivity index (χ4v) is 4.73. The van der Waals surface area contributed by atoms with Crippen LogP contribution in [0.2, 0.25) is 0 Å². The van der Waals surface area contributed by atoms with Gasteiger partial charge in [-0.3, -0.25) is 0 Å². The fraction of sp³-hybridized carbons (Fsp3) is 0.250. The van der Waals surface area contributed by atoms with Gasteiger partial charge < -0.3 is 5.11 Å². The maximum absolute atomic E-state index is 12.8. The zero-order valence-electron chi connectivity index (χ0n) is 12.3. The summed E-state index contributed by atoms with van der Waals surface area (Å²) < 4.78 is 27.7. The number of phenolic OH excluding ortho intramolecular Hbond substituents is 1. The Labute approximate surface area is 138 Å². The average molecular weight is 382 g/mol. The highest BCUT2D eigenvalue weighted by molar-refractivity contribution is 9.10. The van der Waals surface area contributed by atoms with Crippen molar-refractivity contribution in [2.45, 2.75) is 31.8 Å². The molecule has 2 aromatic carbocycles. The van der Waals surface area contributed by atoms with Crippen LogP contribution in [-0.4, -0.2) is 17.8 Å². The third kappa shape index (κ3) is 2.45. The van der Waals surface area contributed by atoms with Gasteiger partial charge in [-0.15, -0.1) is 0 Å². The van der Waals surface area contributed by atoms with Crippen LogP contribution in [0.3, 0.4) is 0 Å². The smallest absolute Gasteiger partial charge is 0.243 e. The van der Waals surface area contributed by atoms with Gasteiger partial charge in [0.15, 0.2) is 0 Å². The average Bonchev–Trinajstić information content (AvgIpc) is 2.92. The van der Waals surface area contributed by atoms with Gasteiger partial charge in [-0.1, -0.05) is 33.6 Å². The molecule has 1 aliphatic rings. The Hall–Kier alpha value is -1.37. The highest BCUT2D eigenvalue weighted by Gasteiger charge is 2.33. The first-order valence-corrected chi connectivity index (χ1v) is 9.10. The minimum Gasteiger partial charge on any atom is -0.507 e. The summed E-state index contributed by atoms with van der Waals surface area (Å²) in [6.45, 7) is 4.18. The highest BCUT2D eigenvalue weighted by atomic mass is 79.9. The summed E-state index contributed by atoms with van der Waals surface area (Å²) >= 11 is 3.46. The summed E-state index contributed by atoms with van der Waals surface area (Å²) in [7, 11) is -3.57. The van der Waals surface area contributed by atoms with Gasteiger partial charge in [0.2, 0.25) is 10.0 Å². The fourth-order valence-electron chi connectivity index (χ4n) is 2.65. The first kappa shape index (κ1) is 15.5. The van der Waals surface area contributed by atoms with Gasteiger partial charge in [0.1, 0.15) is 5.75 Å². The molecule has 1 aliphatic heterocycles. The lowest BCUT2D eigenvalue weighted by atomic mass is 10.1. The predicted molar refractivity (Wildman–Crippen MR) is 88.2 cm³/mol. The molecule has 0 atom stereocenters. The van der Waals surface area contributed by atoms with Gasteiger partial charge in [-0.2, -0.15) is 4.31 Å². The van der Waals surface area contributed by atoms with Crippen molar-refractivity contribution in [3.8, 4) is 5.75 Å². The SMILES string of the molecule is Cc1ccc(S(=O)(=O)N2Cc3c(Br)cc(C)c(O)c3C2)cc1. The maximum Gasteiger partial charge on any atom is 0.243 e. The van der Waals surface area contributed by atoms with Crippen molar-refractivity contribution in [3.63, 3.8) is 0 Å². The van der Waals surface area contributed by atoms with E-state index in [9.17, 15) is 13.5 Å². The van der Waals surface area contributed by atoms with Crippen LogP contribution >= 0.6 is 15.9 Å². The zero-order chi connectivity index (χ0) is 16.1. The van der Waals surface area contributed by atoms with Gasteiger partial charge in [-0.05, 0) is 43.2 Å². The van der Waals surface area contributed by atoms with Crippen molar-refractivity contribution >= 4 is 26.0 Å². The Morgan fingerprint density at radius 1 is 1.09 bits per heavy atom. The Morgan fingerprint density at radius 2 is 1.68 bits per heavy atom. The molecule has 0 unspecified atom stereocenters. The van der Waals surface area contributed by atoms with E-state index in [1.165, 1.54) is 4.31 Å². The van der Waals surface area contributed by atoms with Gasteiger partial charge >= 0.3 is 0 Å². The van der Waals surface area contributed by atoms with E-state index in [-0.39, 0.29) is 23.7 Å². The molecule has 0 saturated carbocycles. The second kappa shape index (κ2) is 5.37. The Kier molecular flexibility index (Phi) is 3.79. The van der Waals surface area contributed by atoms with E-state index in [1.807, 2.05) is 13.0 Å². The molecule has 0 spiro atoms. The molecular weight excluding hydrogens is 366 g/mol. The van der Waals surface area contributed by atoms with E-state index in [0.717, 1.165) is 21.2 Å². The molecular formula is C16H16BrNO3S. The number of phenols is 1. The molecule has 4 nitrogen and oxygen atoms in total. The van der Waals surface area contributed by atoms with Crippen LogP contribution in [0.1, 0.15) is 22.3 Å². The standard InChI is InChI=1S/C16H16BrNO3S/c1-10-3-5-12(6-4-10)22(20,21)18-8-13-14(9-18)16(19)11(2)7-15(13)17/h3-7,19H,8-9H2,1-2H3. The summed E-state index contributed by atoms with van der Waals surface area (Å²) in [6, 6.07) is 8.62. The molecule has 6 heteroatoms. The van der Waals surface area contributed by atoms with Crippen LogP contribution in [0.25, 0.3) is 0 Å². The molecule has 1 N–H and O–H groups in total. The van der Waals surface area contributed by atoms with E-state index < -0.39 is 10.0 Å². The molecule has 0 saturated heterocycles. The number of hydrogen-bond acceptors (Lipinski definition) is 3. The number of aromatic hydroxyl groups is 1. The summed E-state index contributed by atoms with van der Waals surface area (Å²) in [4.78, 5) is 0.276. The van der Waals surface area contributed by atoms with Crippen LogP contribution in [0.15, 0.2) is 39.7 Å². The number of aryl methyl sites for hydroxylation is 2. The molecule has 0 fully saturated rings. The van der Waals surface area contributed by atoms with Crippen molar-refractivity contribution in [3.05, 3.63) is 57.1 Å². The maximum atomic E-state index is 12.8. The van der Waals surface area contributed by atoms with Crippen LogP contribution in [0.5, 0.6) is 5.75 Å². The molecule has 1 heterocycles. The molecule has 0 aromatic heterocycles. The topological polar surface area (TPSA) is 57.6 Å². The molecule has 22 heavy (non-hydrogen) atoms. The van der Waals surface area contributed by atoms with E-state index in [4.69, 9.17) is 0 Å². The van der Waals surface area contributed by atoms with Crippen molar-refractivity contribution in [1.29, 1.82) is 0 Å². The Morgan fingerprint density at radius 3 is 2.32 bits per heavy atom. The molecule has 0 amide bonds. The molecule has 116 valence electrons. The van der Waals surface area contributed by atoms with Crippen LogP contribution in [0.4, 0.5) is 0 Å². The Balaban J connectivity index is 2.01. The van der Waals surface area contributed by atoms with Crippen molar-refractivity contribution in [2.75, 3.05) is 0 Å². The van der Waals surface area contributed by atoms with Gasteiger partial charge in [-0.25, -0.2) is 8.42 Å². The lowest BCUT2D eigenvalue weighted by Crippen LogP contribution is -2.25. The molecule has 0 radical (unpaired) electrons. The first-order valence-electron chi connectivity index (χ1n) is 6.87. The van der Waals surface area contributed by atoms with Gasteiger partial charge in [0, 0.05) is 23.1 Å². The number of fused-ring (bicyclic) bond motifs is 1. The highest BCUT2D eigenvalue weighted by Crippen LogP contribution is 2.39. The van der Waals surface area contributed by atoms with Crippen LogP contribution in [-0.2, 0) is 23.1 Å². The van der Waals surface area contributed by atoms with Crippen LogP contribution in [0, 0.1) is 13.8 Å². The van der Waals surface area contributed by atoms with E-state index in [2.05, 4.69) is 15.9 Å². The number of rotatable bonds is 2. The van der Waals surface area contributed by atoms with Crippen molar-refractivity contribution in [2.24, 2.45) is 0 Å². The van der Waals surface area contributed by atoms with Crippen LogP contribution < -0.4 is 0 Å². The second-order valence-corrected chi connectivity index (χ2v) is 8.36. The van der Waals surface area contributed by atoms with Gasteiger partial charge in [0.05, 0.1) is 4.90 Å². The molecule has 3 rings (SSSR count). The van der Waals surface area contributed by atoms with E-state index in [0.29, 0.717) is 5.56 Å². The quantitative estimate of drug-likeness (QED) is 0.865. The monoisotopic (exact) mass is 381 g/mol. The number of halogens is 1. The Bertz CT molecular complexity index is 845. The van der Waals surface area contributed by atoms with Crippen molar-refractivity contribution < 1.29 is 13.5 Å². The van der Waals surface area contributed by atoms with Gasteiger partial charge in [0.25, 0.3) is 0 Å². The third-order valence-corrected chi connectivity index (χ3v) is 6.50. The second-order valence-electron chi connectivity index (χ2n) is 5.57. The minimum atomic E-state index is -3.57. The largest absolute Gasteiger partial charge is 0.507 e. The molecule has 0 aliphatic carbocycles. The lowest BCUT2D eigenvalue weighted by molar-refractivity contribution is 0.421. The molecule has 2 aromatic rings. The normalized spacial score (nSPS) is 15.0. The minimum absolute atomic E-state index is 0.180.